The Morgan fingerprint density at radius 3 is 2.08 bits per heavy atom. The van der Waals surface area contributed by atoms with Gasteiger partial charge in [0.05, 0.1) is 10.6 Å². The fraction of sp³-hybridized carbons (Fsp3) is 0.625. The van der Waals surface area contributed by atoms with Crippen LogP contribution in [0.1, 0.15) is 37.9 Å². The highest BCUT2D eigenvalue weighted by Gasteiger charge is 2.38. The molecule has 1 aliphatic heterocycles. The molecule has 1 fully saturated rings. The molecule has 140 valence electrons. The molecule has 1 aliphatic rings. The minimum Gasteiger partial charge on any atom is -0.314 e. The van der Waals surface area contributed by atoms with Gasteiger partial charge in [-0.05, 0) is 17.0 Å². The second-order valence-electron chi connectivity index (χ2n) is 6.76. The minimum absolute atomic E-state index is 0. The highest BCUT2D eigenvalue weighted by atomic mass is 35.5. The van der Waals surface area contributed by atoms with E-state index in [1.807, 2.05) is 20.8 Å². The zero-order valence-corrected chi connectivity index (χ0v) is 16.3. The Bertz CT molecular complexity index is 524. The molecule has 1 aromatic carbocycles. The van der Waals surface area contributed by atoms with Crippen LogP contribution < -0.4 is 5.32 Å². The first kappa shape index (κ1) is 23.8. The standard InChI is InChI=1S/C16H22ClF3N2.2ClH/c1-15(2,3)14(22-9-7-21-8-10-22)11-5-4-6-12(13(11)17)16(18,19)20;;/h4-6,14,21H,7-10H2,1-3H3;2*1H/t14-;;/m0../s1. The molecule has 8 heteroatoms. The molecule has 2 rings (SSSR count). The quantitative estimate of drug-likeness (QED) is 0.725. The molecule has 0 spiro atoms. The number of halogens is 6. The normalized spacial score (nSPS) is 17.6. The number of hydrogen-bond acceptors (Lipinski definition) is 2. The summed E-state index contributed by atoms with van der Waals surface area (Å²) in [6, 6.07) is 4.06. The average Bonchev–Trinajstić information content (AvgIpc) is 2.39. The zero-order chi connectivity index (χ0) is 16.5. The van der Waals surface area contributed by atoms with Crippen molar-refractivity contribution in [3.05, 3.63) is 34.3 Å². The van der Waals surface area contributed by atoms with E-state index in [1.54, 1.807) is 6.07 Å². The van der Waals surface area contributed by atoms with Crippen molar-refractivity contribution in [1.82, 2.24) is 10.2 Å². The van der Waals surface area contributed by atoms with Crippen molar-refractivity contribution in [3.63, 3.8) is 0 Å². The van der Waals surface area contributed by atoms with Gasteiger partial charge < -0.3 is 5.32 Å². The fourth-order valence-electron chi connectivity index (χ4n) is 3.13. The van der Waals surface area contributed by atoms with Gasteiger partial charge in [0, 0.05) is 32.2 Å². The Kier molecular flexibility index (Phi) is 8.87. The Hall–Kier alpha value is -0.200. The maximum absolute atomic E-state index is 13.1. The van der Waals surface area contributed by atoms with Crippen LogP contribution in [-0.2, 0) is 6.18 Å². The molecule has 0 unspecified atom stereocenters. The lowest BCUT2D eigenvalue weighted by Gasteiger charge is -2.43. The predicted molar refractivity (Wildman–Crippen MR) is 97.6 cm³/mol. The highest BCUT2D eigenvalue weighted by Crippen LogP contribution is 2.44. The number of alkyl halides is 3. The Morgan fingerprint density at radius 2 is 1.62 bits per heavy atom. The van der Waals surface area contributed by atoms with Crippen LogP contribution in [-0.4, -0.2) is 31.1 Å². The van der Waals surface area contributed by atoms with Crippen LogP contribution in [0.4, 0.5) is 13.2 Å². The lowest BCUT2D eigenvalue weighted by Crippen LogP contribution is -2.48. The molecular weight excluding hydrogens is 384 g/mol. The van der Waals surface area contributed by atoms with Gasteiger partial charge in [-0.15, -0.1) is 24.8 Å². The molecule has 24 heavy (non-hydrogen) atoms. The van der Waals surface area contributed by atoms with Gasteiger partial charge in [0.1, 0.15) is 0 Å². The molecule has 0 bridgehead atoms. The molecule has 0 saturated carbocycles. The van der Waals surface area contributed by atoms with E-state index >= 15 is 0 Å². The fourth-order valence-corrected chi connectivity index (χ4v) is 3.47. The molecule has 1 heterocycles. The summed E-state index contributed by atoms with van der Waals surface area (Å²) in [5.41, 5.74) is -0.410. The van der Waals surface area contributed by atoms with Crippen molar-refractivity contribution in [3.8, 4) is 0 Å². The molecular formula is C16H24Cl3F3N2. The third-order valence-electron chi connectivity index (χ3n) is 3.97. The van der Waals surface area contributed by atoms with Crippen molar-refractivity contribution in [2.75, 3.05) is 26.2 Å². The maximum atomic E-state index is 13.1. The van der Waals surface area contributed by atoms with Crippen molar-refractivity contribution in [1.29, 1.82) is 0 Å². The SMILES string of the molecule is CC(C)(C)[C@H](c1cccc(C(F)(F)F)c1Cl)N1CCNCC1.Cl.Cl. The molecule has 1 N–H and O–H groups in total. The van der Waals surface area contributed by atoms with E-state index in [0.29, 0.717) is 5.56 Å². The summed E-state index contributed by atoms with van der Waals surface area (Å²) in [5.74, 6) is 0. The van der Waals surface area contributed by atoms with Gasteiger partial charge >= 0.3 is 6.18 Å². The molecule has 1 aromatic rings. The lowest BCUT2D eigenvalue weighted by atomic mass is 9.80. The van der Waals surface area contributed by atoms with E-state index in [-0.39, 0.29) is 41.3 Å². The van der Waals surface area contributed by atoms with Gasteiger partial charge in [0.25, 0.3) is 0 Å². The molecule has 1 saturated heterocycles. The summed E-state index contributed by atoms with van der Waals surface area (Å²) in [6.45, 7) is 9.39. The first-order valence-electron chi connectivity index (χ1n) is 7.43. The van der Waals surface area contributed by atoms with Crippen molar-refractivity contribution in [2.24, 2.45) is 5.41 Å². The summed E-state index contributed by atoms with van der Waals surface area (Å²) in [5, 5.41) is 3.10. The Morgan fingerprint density at radius 1 is 1.08 bits per heavy atom. The van der Waals surface area contributed by atoms with Crippen LogP contribution in [0, 0.1) is 5.41 Å². The topological polar surface area (TPSA) is 15.3 Å². The Balaban J connectivity index is 0.00000264. The zero-order valence-electron chi connectivity index (χ0n) is 13.9. The summed E-state index contributed by atoms with van der Waals surface area (Å²) in [6.07, 6.45) is -4.43. The van der Waals surface area contributed by atoms with Gasteiger partial charge in [-0.25, -0.2) is 0 Å². The average molecular weight is 408 g/mol. The van der Waals surface area contributed by atoms with E-state index < -0.39 is 11.7 Å². The first-order valence-corrected chi connectivity index (χ1v) is 7.80. The first-order chi connectivity index (χ1) is 10.1. The summed E-state index contributed by atoms with van der Waals surface area (Å²) < 4.78 is 39.4. The van der Waals surface area contributed by atoms with E-state index in [0.717, 1.165) is 32.2 Å². The van der Waals surface area contributed by atoms with Crippen LogP contribution in [0.3, 0.4) is 0 Å². The van der Waals surface area contributed by atoms with Gasteiger partial charge in [0.2, 0.25) is 0 Å². The second-order valence-corrected chi connectivity index (χ2v) is 7.14. The Labute approximate surface area is 158 Å². The third kappa shape index (κ3) is 5.40. The van der Waals surface area contributed by atoms with Crippen molar-refractivity contribution >= 4 is 36.4 Å². The van der Waals surface area contributed by atoms with E-state index in [1.165, 1.54) is 6.07 Å². The molecule has 1 atom stereocenters. The van der Waals surface area contributed by atoms with Crippen LogP contribution in [0.25, 0.3) is 0 Å². The van der Waals surface area contributed by atoms with E-state index in [2.05, 4.69) is 10.2 Å². The number of piperazine rings is 1. The van der Waals surface area contributed by atoms with E-state index in [9.17, 15) is 13.2 Å². The lowest BCUT2D eigenvalue weighted by molar-refractivity contribution is -0.137. The van der Waals surface area contributed by atoms with Crippen LogP contribution in [0.15, 0.2) is 18.2 Å². The number of rotatable bonds is 2. The smallest absolute Gasteiger partial charge is 0.314 e. The van der Waals surface area contributed by atoms with Gasteiger partial charge in [-0.2, -0.15) is 13.2 Å². The molecule has 0 aromatic heterocycles. The highest BCUT2D eigenvalue weighted by molar-refractivity contribution is 6.32. The van der Waals surface area contributed by atoms with Crippen molar-refractivity contribution in [2.45, 2.75) is 33.0 Å². The van der Waals surface area contributed by atoms with E-state index in [4.69, 9.17) is 11.6 Å². The molecule has 0 radical (unpaired) electrons. The number of nitrogens with one attached hydrogen (secondary N) is 1. The number of benzene rings is 1. The van der Waals surface area contributed by atoms with Crippen LogP contribution in [0.2, 0.25) is 5.02 Å². The summed E-state index contributed by atoms with van der Waals surface area (Å²) in [7, 11) is 0. The maximum Gasteiger partial charge on any atom is 0.417 e. The minimum atomic E-state index is -4.43. The van der Waals surface area contributed by atoms with Gasteiger partial charge in [-0.3, -0.25) is 4.90 Å². The van der Waals surface area contributed by atoms with Gasteiger partial charge in [-0.1, -0.05) is 44.5 Å². The monoisotopic (exact) mass is 406 g/mol. The predicted octanol–water partition coefficient (Wildman–Crippen LogP) is 5.19. The molecule has 0 aliphatic carbocycles. The second kappa shape index (κ2) is 8.95. The van der Waals surface area contributed by atoms with Gasteiger partial charge in [0.15, 0.2) is 0 Å². The number of hydrogen-bond donors (Lipinski definition) is 1. The molecule has 0 amide bonds. The largest absolute Gasteiger partial charge is 0.417 e. The van der Waals surface area contributed by atoms with Crippen molar-refractivity contribution < 1.29 is 13.2 Å². The number of nitrogens with zero attached hydrogens (tertiary/aromatic N) is 1. The third-order valence-corrected chi connectivity index (χ3v) is 4.39. The van der Waals surface area contributed by atoms with Crippen LogP contribution >= 0.6 is 36.4 Å². The summed E-state index contributed by atoms with van der Waals surface area (Å²) >= 11 is 6.15. The summed E-state index contributed by atoms with van der Waals surface area (Å²) in [4.78, 5) is 2.22. The van der Waals surface area contributed by atoms with Crippen LogP contribution in [0.5, 0.6) is 0 Å². The molecule has 2 nitrogen and oxygen atoms in total.